The van der Waals surface area contributed by atoms with Gasteiger partial charge in [0.2, 0.25) is 15.9 Å². The van der Waals surface area contributed by atoms with E-state index in [1.54, 1.807) is 19.2 Å². The number of nitrogens with one attached hydrogen (secondary N) is 2. The van der Waals surface area contributed by atoms with Crippen LogP contribution in [0.4, 0.5) is 0 Å². The van der Waals surface area contributed by atoms with Gasteiger partial charge in [0.15, 0.2) is 0 Å². The van der Waals surface area contributed by atoms with Gasteiger partial charge in [-0.1, -0.05) is 12.1 Å². The SMILES string of the molecule is COc1ccc(C(CNS(=O)(=O)c2ccc(CNC(C)=O)s2)N2CCOCC2)cc1. The predicted molar refractivity (Wildman–Crippen MR) is 115 cm³/mol. The van der Waals surface area contributed by atoms with Crippen LogP contribution in [0.5, 0.6) is 5.75 Å². The van der Waals surface area contributed by atoms with E-state index >= 15 is 0 Å². The zero-order chi connectivity index (χ0) is 21.6. The second-order valence-electron chi connectivity index (χ2n) is 6.92. The molecule has 0 saturated carbocycles. The van der Waals surface area contributed by atoms with Gasteiger partial charge < -0.3 is 14.8 Å². The molecule has 1 aromatic carbocycles. The number of morpholine rings is 1. The first kappa shape index (κ1) is 22.7. The highest BCUT2D eigenvalue weighted by molar-refractivity contribution is 7.91. The summed E-state index contributed by atoms with van der Waals surface area (Å²) in [5.74, 6) is 0.601. The lowest BCUT2D eigenvalue weighted by atomic mass is 10.0. The molecule has 3 rings (SSSR count). The number of carbonyl (C=O) groups excluding carboxylic acids is 1. The molecular formula is C20H27N3O5S2. The monoisotopic (exact) mass is 453 g/mol. The van der Waals surface area contributed by atoms with Crippen LogP contribution in [-0.4, -0.2) is 59.2 Å². The number of hydrogen-bond donors (Lipinski definition) is 2. The van der Waals surface area contributed by atoms with Crippen molar-refractivity contribution in [1.82, 2.24) is 14.9 Å². The highest BCUT2D eigenvalue weighted by Gasteiger charge is 2.26. The Morgan fingerprint density at radius 3 is 2.53 bits per heavy atom. The van der Waals surface area contributed by atoms with Gasteiger partial charge in [0, 0.05) is 37.5 Å². The first-order valence-corrected chi connectivity index (χ1v) is 12.0. The van der Waals surface area contributed by atoms with Gasteiger partial charge in [-0.3, -0.25) is 9.69 Å². The summed E-state index contributed by atoms with van der Waals surface area (Å²) in [4.78, 5) is 14.1. The van der Waals surface area contributed by atoms with Crippen molar-refractivity contribution in [2.75, 3.05) is 40.0 Å². The fraction of sp³-hybridized carbons (Fsp3) is 0.450. The molecule has 1 saturated heterocycles. The average Bonchev–Trinajstić information content (AvgIpc) is 3.24. The Hall–Kier alpha value is -1.98. The van der Waals surface area contributed by atoms with E-state index in [0.717, 1.165) is 40.6 Å². The number of ether oxygens (including phenoxy) is 2. The Morgan fingerprint density at radius 2 is 1.90 bits per heavy atom. The van der Waals surface area contributed by atoms with E-state index in [-0.39, 0.29) is 22.7 Å². The van der Waals surface area contributed by atoms with Crippen LogP contribution in [0.15, 0.2) is 40.6 Å². The second kappa shape index (κ2) is 10.4. The summed E-state index contributed by atoms with van der Waals surface area (Å²) in [7, 11) is -2.04. The molecule has 1 amide bonds. The minimum atomic E-state index is -3.66. The molecule has 30 heavy (non-hydrogen) atoms. The third-order valence-corrected chi connectivity index (χ3v) is 7.87. The van der Waals surface area contributed by atoms with Gasteiger partial charge in [0.05, 0.1) is 26.9 Å². The summed E-state index contributed by atoms with van der Waals surface area (Å²) in [5.41, 5.74) is 1.01. The molecule has 1 aliphatic heterocycles. The Labute approximate surface area is 181 Å². The summed E-state index contributed by atoms with van der Waals surface area (Å²) >= 11 is 1.15. The molecule has 2 aromatic rings. The smallest absolute Gasteiger partial charge is 0.250 e. The Bertz CT molecular complexity index is 938. The number of sulfonamides is 1. The summed E-state index contributed by atoms with van der Waals surface area (Å²) in [5, 5.41) is 2.68. The van der Waals surface area contributed by atoms with E-state index in [1.165, 1.54) is 6.92 Å². The zero-order valence-electron chi connectivity index (χ0n) is 17.1. The Morgan fingerprint density at radius 1 is 1.20 bits per heavy atom. The molecule has 1 aromatic heterocycles. The maximum Gasteiger partial charge on any atom is 0.250 e. The molecule has 2 heterocycles. The van der Waals surface area contributed by atoms with Crippen molar-refractivity contribution in [2.45, 2.75) is 23.7 Å². The topological polar surface area (TPSA) is 97.0 Å². The van der Waals surface area contributed by atoms with Crippen LogP contribution in [0, 0.1) is 0 Å². The molecule has 10 heteroatoms. The highest BCUT2D eigenvalue weighted by atomic mass is 32.2. The minimum absolute atomic E-state index is 0.117. The molecule has 0 spiro atoms. The number of carbonyl (C=O) groups is 1. The van der Waals surface area contributed by atoms with Gasteiger partial charge in [-0.25, -0.2) is 13.1 Å². The van der Waals surface area contributed by atoms with E-state index < -0.39 is 10.0 Å². The van der Waals surface area contributed by atoms with Crippen molar-refractivity contribution in [3.8, 4) is 5.75 Å². The number of methoxy groups -OCH3 is 1. The molecule has 0 radical (unpaired) electrons. The Balaban J connectivity index is 1.72. The third kappa shape index (κ3) is 6.02. The summed E-state index contributed by atoms with van der Waals surface area (Å²) in [6.07, 6.45) is 0. The third-order valence-electron chi connectivity index (χ3n) is 4.87. The second-order valence-corrected chi connectivity index (χ2v) is 10.1. The summed E-state index contributed by atoms with van der Waals surface area (Å²) < 4.78 is 39.4. The maximum atomic E-state index is 12.9. The Kier molecular flexibility index (Phi) is 7.84. The molecule has 2 N–H and O–H groups in total. The predicted octanol–water partition coefficient (Wildman–Crippen LogP) is 1.74. The van der Waals surface area contributed by atoms with Crippen LogP contribution in [0.3, 0.4) is 0 Å². The van der Waals surface area contributed by atoms with Gasteiger partial charge in [0.1, 0.15) is 9.96 Å². The van der Waals surface area contributed by atoms with E-state index in [0.29, 0.717) is 19.8 Å². The molecule has 1 unspecified atom stereocenters. The summed E-state index contributed by atoms with van der Waals surface area (Å²) in [6.45, 7) is 4.70. The van der Waals surface area contributed by atoms with E-state index in [1.807, 2.05) is 24.3 Å². The quantitative estimate of drug-likeness (QED) is 0.600. The van der Waals surface area contributed by atoms with Crippen LogP contribution >= 0.6 is 11.3 Å². The first-order valence-electron chi connectivity index (χ1n) is 9.67. The van der Waals surface area contributed by atoms with E-state index in [4.69, 9.17) is 9.47 Å². The molecule has 0 bridgehead atoms. The van der Waals surface area contributed by atoms with Crippen molar-refractivity contribution in [1.29, 1.82) is 0 Å². The van der Waals surface area contributed by atoms with Crippen molar-refractivity contribution in [3.63, 3.8) is 0 Å². The number of nitrogens with zero attached hydrogens (tertiary/aromatic N) is 1. The van der Waals surface area contributed by atoms with Gasteiger partial charge in [-0.05, 0) is 29.8 Å². The van der Waals surface area contributed by atoms with Gasteiger partial charge in [-0.15, -0.1) is 11.3 Å². The van der Waals surface area contributed by atoms with Gasteiger partial charge >= 0.3 is 0 Å². The molecule has 1 aliphatic rings. The number of amides is 1. The van der Waals surface area contributed by atoms with Crippen molar-refractivity contribution in [3.05, 3.63) is 46.8 Å². The summed E-state index contributed by atoms with van der Waals surface area (Å²) in [6, 6.07) is 10.9. The van der Waals surface area contributed by atoms with E-state index in [9.17, 15) is 13.2 Å². The molecule has 1 atom stereocenters. The van der Waals surface area contributed by atoms with Crippen LogP contribution < -0.4 is 14.8 Å². The van der Waals surface area contributed by atoms with Crippen molar-refractivity contribution >= 4 is 27.3 Å². The van der Waals surface area contributed by atoms with Crippen molar-refractivity contribution in [2.24, 2.45) is 0 Å². The maximum absolute atomic E-state index is 12.9. The number of rotatable bonds is 9. The lowest BCUT2D eigenvalue weighted by Gasteiger charge is -2.34. The molecule has 164 valence electrons. The van der Waals surface area contributed by atoms with E-state index in [2.05, 4.69) is 14.9 Å². The first-order chi connectivity index (χ1) is 14.4. The molecule has 0 aliphatic carbocycles. The number of hydrogen-bond acceptors (Lipinski definition) is 7. The molecule has 8 nitrogen and oxygen atoms in total. The largest absolute Gasteiger partial charge is 0.497 e. The fourth-order valence-electron chi connectivity index (χ4n) is 3.24. The number of thiophene rings is 1. The van der Waals surface area contributed by atoms with Crippen LogP contribution in [-0.2, 0) is 26.1 Å². The lowest BCUT2D eigenvalue weighted by molar-refractivity contribution is -0.119. The minimum Gasteiger partial charge on any atom is -0.497 e. The van der Waals surface area contributed by atoms with Gasteiger partial charge in [-0.2, -0.15) is 0 Å². The van der Waals surface area contributed by atoms with Crippen LogP contribution in [0.2, 0.25) is 0 Å². The fourth-order valence-corrected chi connectivity index (χ4v) is 5.62. The standard InChI is InChI=1S/C20H27N3O5S2/c1-15(24)21-13-18-7-8-20(29-18)30(25,26)22-14-19(23-9-11-28-12-10-23)16-3-5-17(27-2)6-4-16/h3-8,19,22H,9-14H2,1-2H3,(H,21,24). The van der Waals surface area contributed by atoms with Crippen LogP contribution in [0.1, 0.15) is 23.4 Å². The molecule has 1 fully saturated rings. The van der Waals surface area contributed by atoms with Crippen LogP contribution in [0.25, 0.3) is 0 Å². The average molecular weight is 454 g/mol. The lowest BCUT2D eigenvalue weighted by Crippen LogP contribution is -2.43. The normalized spacial score (nSPS) is 16.2. The highest BCUT2D eigenvalue weighted by Crippen LogP contribution is 2.26. The zero-order valence-corrected chi connectivity index (χ0v) is 18.7. The number of benzene rings is 1. The van der Waals surface area contributed by atoms with Crippen molar-refractivity contribution < 1.29 is 22.7 Å². The molecular weight excluding hydrogens is 426 g/mol. The van der Waals surface area contributed by atoms with Gasteiger partial charge in [0.25, 0.3) is 0 Å².